The molecule has 0 saturated carbocycles. The lowest BCUT2D eigenvalue weighted by molar-refractivity contribution is -0.118. The standard InChI is InChI=1S/C25H23FN6O3/c1-35-17-7-4-14(5-8-17)11-21(23(28)34)31-25-19(26)13-18(22(27)33)24(32-25)30-16-6-9-20-15(12-16)3-2-10-29-20/h2-10,12-13,21H,11H2,1H3,(H2,27,33)(H2,28,34)(H2,30,31,32)/t21-/m1/s1. The van der Waals surface area contributed by atoms with Gasteiger partial charge in [0.1, 0.15) is 17.6 Å². The molecule has 2 aromatic heterocycles. The summed E-state index contributed by atoms with van der Waals surface area (Å²) >= 11 is 0. The van der Waals surface area contributed by atoms with Gasteiger partial charge in [0, 0.05) is 23.7 Å². The molecule has 10 heteroatoms. The van der Waals surface area contributed by atoms with Gasteiger partial charge in [-0.15, -0.1) is 0 Å². The fraction of sp³-hybridized carbons (Fsp3) is 0.120. The summed E-state index contributed by atoms with van der Waals surface area (Å²) in [5, 5.41) is 6.61. The van der Waals surface area contributed by atoms with Gasteiger partial charge >= 0.3 is 0 Å². The predicted octanol–water partition coefficient (Wildman–Crippen LogP) is 3.13. The summed E-state index contributed by atoms with van der Waals surface area (Å²) in [6.45, 7) is 0. The van der Waals surface area contributed by atoms with Crippen molar-refractivity contribution in [2.75, 3.05) is 17.7 Å². The van der Waals surface area contributed by atoms with Gasteiger partial charge in [0.25, 0.3) is 5.91 Å². The van der Waals surface area contributed by atoms with Crippen LogP contribution in [0.25, 0.3) is 10.9 Å². The molecular formula is C25H23FN6O3. The van der Waals surface area contributed by atoms with Gasteiger partial charge in [-0.1, -0.05) is 18.2 Å². The largest absolute Gasteiger partial charge is 0.497 e. The predicted molar refractivity (Wildman–Crippen MR) is 131 cm³/mol. The summed E-state index contributed by atoms with van der Waals surface area (Å²) in [6, 6.07) is 16.1. The number of hydrogen-bond acceptors (Lipinski definition) is 7. The van der Waals surface area contributed by atoms with Crippen LogP contribution in [-0.2, 0) is 11.2 Å². The average Bonchev–Trinajstić information content (AvgIpc) is 2.85. The maximum atomic E-state index is 14.9. The van der Waals surface area contributed by atoms with Crippen LogP contribution in [0.3, 0.4) is 0 Å². The van der Waals surface area contributed by atoms with E-state index in [1.165, 1.54) is 0 Å². The fourth-order valence-electron chi connectivity index (χ4n) is 3.55. The number of anilines is 3. The molecule has 9 nitrogen and oxygen atoms in total. The summed E-state index contributed by atoms with van der Waals surface area (Å²) in [4.78, 5) is 32.6. The van der Waals surface area contributed by atoms with E-state index in [-0.39, 0.29) is 23.6 Å². The van der Waals surface area contributed by atoms with Gasteiger partial charge in [-0.25, -0.2) is 9.37 Å². The molecule has 0 aliphatic heterocycles. The molecule has 0 bridgehead atoms. The smallest absolute Gasteiger partial charge is 0.252 e. The van der Waals surface area contributed by atoms with Crippen LogP contribution in [0, 0.1) is 5.82 Å². The van der Waals surface area contributed by atoms with Gasteiger partial charge in [-0.2, -0.15) is 0 Å². The van der Waals surface area contributed by atoms with Crippen LogP contribution < -0.4 is 26.8 Å². The number of carbonyl (C=O) groups excluding carboxylic acids is 2. The Morgan fingerprint density at radius 2 is 1.83 bits per heavy atom. The maximum Gasteiger partial charge on any atom is 0.252 e. The monoisotopic (exact) mass is 474 g/mol. The first-order chi connectivity index (χ1) is 16.8. The van der Waals surface area contributed by atoms with E-state index >= 15 is 0 Å². The second kappa shape index (κ2) is 10.0. The van der Waals surface area contributed by atoms with E-state index in [2.05, 4.69) is 20.6 Å². The van der Waals surface area contributed by atoms with E-state index in [9.17, 15) is 14.0 Å². The fourth-order valence-corrected chi connectivity index (χ4v) is 3.55. The number of rotatable bonds is 9. The van der Waals surface area contributed by atoms with Crippen molar-refractivity contribution in [2.24, 2.45) is 11.5 Å². The lowest BCUT2D eigenvalue weighted by Gasteiger charge is -2.19. The number of nitrogens with zero attached hydrogens (tertiary/aromatic N) is 2. The van der Waals surface area contributed by atoms with E-state index in [1.807, 2.05) is 6.07 Å². The zero-order valence-electron chi connectivity index (χ0n) is 18.8. The highest BCUT2D eigenvalue weighted by molar-refractivity contribution is 5.99. The highest BCUT2D eigenvalue weighted by Gasteiger charge is 2.22. The number of amides is 2. The number of methoxy groups -OCH3 is 1. The molecule has 1 atom stereocenters. The summed E-state index contributed by atoms with van der Waals surface area (Å²) in [7, 11) is 1.55. The number of pyridine rings is 2. The van der Waals surface area contributed by atoms with Crippen LogP contribution >= 0.6 is 0 Å². The first-order valence-electron chi connectivity index (χ1n) is 10.6. The van der Waals surface area contributed by atoms with E-state index in [0.29, 0.717) is 11.4 Å². The third-order valence-electron chi connectivity index (χ3n) is 5.36. The Bertz CT molecular complexity index is 1390. The van der Waals surface area contributed by atoms with Gasteiger partial charge < -0.3 is 26.8 Å². The number of aromatic nitrogens is 2. The van der Waals surface area contributed by atoms with Crippen LogP contribution in [0.1, 0.15) is 15.9 Å². The Labute approximate surface area is 200 Å². The van der Waals surface area contributed by atoms with Crippen molar-refractivity contribution in [1.29, 1.82) is 0 Å². The Morgan fingerprint density at radius 3 is 2.51 bits per heavy atom. The Hall–Kier alpha value is -4.73. The molecule has 2 amide bonds. The van der Waals surface area contributed by atoms with Crippen LogP contribution in [-0.4, -0.2) is 34.9 Å². The van der Waals surface area contributed by atoms with Gasteiger partial charge in [0.15, 0.2) is 11.6 Å². The third kappa shape index (κ3) is 5.44. The minimum Gasteiger partial charge on any atom is -0.497 e. The van der Waals surface area contributed by atoms with Crippen molar-refractivity contribution in [2.45, 2.75) is 12.5 Å². The highest BCUT2D eigenvalue weighted by Crippen LogP contribution is 2.26. The molecule has 2 heterocycles. The van der Waals surface area contributed by atoms with E-state index in [1.54, 1.807) is 61.8 Å². The molecule has 0 aliphatic rings. The van der Waals surface area contributed by atoms with Crippen LogP contribution in [0.15, 0.2) is 66.9 Å². The second-order valence-corrected chi connectivity index (χ2v) is 7.77. The van der Waals surface area contributed by atoms with Crippen molar-refractivity contribution in [1.82, 2.24) is 9.97 Å². The zero-order valence-corrected chi connectivity index (χ0v) is 18.8. The number of primary amides is 2. The molecular weight excluding hydrogens is 451 g/mol. The molecule has 178 valence electrons. The molecule has 0 unspecified atom stereocenters. The number of ether oxygens (including phenoxy) is 1. The number of benzene rings is 2. The van der Waals surface area contributed by atoms with E-state index in [4.69, 9.17) is 16.2 Å². The minimum absolute atomic E-state index is 0.0253. The van der Waals surface area contributed by atoms with Crippen LogP contribution in [0.4, 0.5) is 21.7 Å². The van der Waals surface area contributed by atoms with Gasteiger partial charge in [0.2, 0.25) is 5.91 Å². The lowest BCUT2D eigenvalue weighted by atomic mass is 10.1. The van der Waals surface area contributed by atoms with Gasteiger partial charge in [0.05, 0.1) is 18.2 Å². The normalized spacial score (nSPS) is 11.6. The van der Waals surface area contributed by atoms with Crippen molar-refractivity contribution >= 4 is 40.0 Å². The summed E-state index contributed by atoms with van der Waals surface area (Å²) in [5.74, 6) is -1.98. The molecule has 4 aromatic rings. The van der Waals surface area contributed by atoms with Crippen LogP contribution in [0.5, 0.6) is 5.75 Å². The van der Waals surface area contributed by atoms with Crippen molar-refractivity contribution in [3.63, 3.8) is 0 Å². The number of halogens is 1. The molecule has 0 aliphatic carbocycles. The topological polar surface area (TPSA) is 145 Å². The number of nitrogens with two attached hydrogens (primary N) is 2. The van der Waals surface area contributed by atoms with Crippen molar-refractivity contribution < 1.29 is 18.7 Å². The van der Waals surface area contributed by atoms with Gasteiger partial charge in [-0.05, 0) is 48.0 Å². The summed E-state index contributed by atoms with van der Waals surface area (Å²) in [6.07, 6.45) is 1.86. The first kappa shape index (κ1) is 23.4. The van der Waals surface area contributed by atoms with E-state index in [0.717, 1.165) is 22.5 Å². The number of nitrogens with one attached hydrogen (secondary N) is 2. The molecule has 35 heavy (non-hydrogen) atoms. The molecule has 4 rings (SSSR count). The Morgan fingerprint density at radius 1 is 1.06 bits per heavy atom. The Balaban J connectivity index is 1.63. The molecule has 0 radical (unpaired) electrons. The molecule has 6 N–H and O–H groups in total. The third-order valence-corrected chi connectivity index (χ3v) is 5.36. The molecule has 0 saturated heterocycles. The number of fused-ring (bicyclic) bond motifs is 1. The van der Waals surface area contributed by atoms with Gasteiger partial charge in [-0.3, -0.25) is 14.6 Å². The summed E-state index contributed by atoms with van der Waals surface area (Å²) in [5.41, 5.74) is 13.0. The first-order valence-corrected chi connectivity index (χ1v) is 10.6. The SMILES string of the molecule is COc1ccc(C[C@@H](Nc2nc(Nc3ccc4ncccc4c3)c(C(N)=O)cc2F)C(N)=O)cc1. The lowest BCUT2D eigenvalue weighted by Crippen LogP contribution is -2.38. The zero-order chi connectivity index (χ0) is 24.9. The maximum absolute atomic E-state index is 14.9. The van der Waals surface area contributed by atoms with E-state index < -0.39 is 23.7 Å². The molecule has 2 aromatic carbocycles. The average molecular weight is 474 g/mol. The molecule has 0 fully saturated rings. The number of carbonyl (C=O) groups is 2. The Kier molecular flexibility index (Phi) is 6.72. The van der Waals surface area contributed by atoms with Crippen molar-refractivity contribution in [3.05, 3.63) is 83.8 Å². The number of hydrogen-bond donors (Lipinski definition) is 4. The van der Waals surface area contributed by atoms with Crippen molar-refractivity contribution in [3.8, 4) is 5.75 Å². The van der Waals surface area contributed by atoms with Crippen LogP contribution in [0.2, 0.25) is 0 Å². The highest BCUT2D eigenvalue weighted by atomic mass is 19.1. The minimum atomic E-state index is -0.968. The summed E-state index contributed by atoms with van der Waals surface area (Å²) < 4.78 is 20.0. The second-order valence-electron chi connectivity index (χ2n) is 7.77. The quantitative estimate of drug-likeness (QED) is 0.292. The molecule has 0 spiro atoms.